The van der Waals surface area contributed by atoms with Crippen molar-refractivity contribution < 1.29 is 73.9 Å². The van der Waals surface area contributed by atoms with Gasteiger partial charge in [0.25, 0.3) is 0 Å². The fraction of sp³-hybridized carbons (Fsp3) is 0.133. The number of ether oxygens (including phenoxy) is 6. The van der Waals surface area contributed by atoms with Crippen LogP contribution in [0.5, 0.6) is 23.0 Å². The van der Waals surface area contributed by atoms with E-state index in [4.69, 9.17) is 18.9 Å². The first kappa shape index (κ1) is 34.7. The number of esters is 4. The van der Waals surface area contributed by atoms with Gasteiger partial charge in [-0.05, 0) is 60.7 Å². The third-order valence-corrected chi connectivity index (χ3v) is 5.47. The molecule has 10 nitrogen and oxygen atoms in total. The molecule has 0 N–H and O–H groups in total. The summed E-state index contributed by atoms with van der Waals surface area (Å²) >= 11 is 0. The zero-order chi connectivity index (χ0) is 34.1. The summed E-state index contributed by atoms with van der Waals surface area (Å²) in [6, 6.07) is 9.54. The van der Waals surface area contributed by atoms with Gasteiger partial charge in [-0.25, -0.2) is 19.2 Å². The largest absolute Gasteiger partial charge is 0.457 e. The lowest BCUT2D eigenvalue weighted by Gasteiger charge is -2.21. The van der Waals surface area contributed by atoms with Crippen molar-refractivity contribution in [3.8, 4) is 23.0 Å². The van der Waals surface area contributed by atoms with Crippen LogP contribution in [0.3, 0.4) is 0 Å². The molecule has 0 aliphatic heterocycles. The average molecular weight is 654 g/mol. The average Bonchev–Trinajstić information content (AvgIpc) is 3.00. The van der Waals surface area contributed by atoms with Gasteiger partial charge >= 0.3 is 36.2 Å². The summed E-state index contributed by atoms with van der Waals surface area (Å²) in [5, 5.41) is 0. The van der Waals surface area contributed by atoms with Crippen LogP contribution in [0.2, 0.25) is 0 Å². The molecule has 0 unspecified atom stereocenters. The first-order valence-corrected chi connectivity index (χ1v) is 12.4. The molecule has 0 bridgehead atoms. The summed E-state index contributed by atoms with van der Waals surface area (Å²) < 4.78 is 113. The molecular weight excluding hydrogens is 634 g/mol. The fourth-order valence-corrected chi connectivity index (χ4v) is 3.42. The second-order valence-corrected chi connectivity index (χ2v) is 8.49. The van der Waals surface area contributed by atoms with E-state index >= 15 is 0 Å². The number of carbonyl (C=O) groups excluding carboxylic acids is 4. The van der Waals surface area contributed by atoms with Gasteiger partial charge in [-0.3, -0.25) is 0 Å². The predicted octanol–water partition coefficient (Wildman–Crippen LogP) is 6.29. The SMILES string of the molecule is C=CC(=O)OCOc1ccc(C(=O)Oc2ccc(OC(=O)c3ccc(OCOC(=O)C=C)cc3)c(C(F)(F)F)c2C(F)(F)F)cc1. The molecule has 0 aromatic heterocycles. The maximum Gasteiger partial charge on any atom is 0.420 e. The molecule has 0 heterocycles. The Bertz CT molecular complexity index is 1490. The van der Waals surface area contributed by atoms with E-state index in [-0.39, 0.29) is 22.6 Å². The number of carbonyl (C=O) groups is 4. The molecule has 46 heavy (non-hydrogen) atoms. The zero-order valence-electron chi connectivity index (χ0n) is 23.1. The van der Waals surface area contributed by atoms with Crippen molar-refractivity contribution in [2.45, 2.75) is 12.4 Å². The van der Waals surface area contributed by atoms with Crippen molar-refractivity contribution >= 4 is 23.9 Å². The first-order valence-electron chi connectivity index (χ1n) is 12.4. The maximum absolute atomic E-state index is 14.1. The summed E-state index contributed by atoms with van der Waals surface area (Å²) in [7, 11) is 0. The minimum atomic E-state index is -5.74. The van der Waals surface area contributed by atoms with E-state index in [1.165, 1.54) is 0 Å². The van der Waals surface area contributed by atoms with Crippen LogP contribution in [-0.2, 0) is 31.4 Å². The van der Waals surface area contributed by atoms with E-state index in [0.717, 1.165) is 60.7 Å². The van der Waals surface area contributed by atoms with E-state index in [0.29, 0.717) is 12.1 Å². The molecular formula is C30H20F6O10. The fourth-order valence-electron chi connectivity index (χ4n) is 3.42. The van der Waals surface area contributed by atoms with E-state index in [1.807, 2.05) is 0 Å². The molecule has 0 spiro atoms. The molecule has 16 heteroatoms. The molecule has 0 amide bonds. The Morgan fingerprint density at radius 3 is 1.17 bits per heavy atom. The van der Waals surface area contributed by atoms with Crippen LogP contribution in [0.1, 0.15) is 31.8 Å². The number of hydrogen-bond acceptors (Lipinski definition) is 10. The van der Waals surface area contributed by atoms with Gasteiger partial charge in [0.1, 0.15) is 34.1 Å². The Labute approximate surface area is 255 Å². The summed E-state index contributed by atoms with van der Waals surface area (Å²) in [6.45, 7) is 5.30. The van der Waals surface area contributed by atoms with Crippen LogP contribution in [-0.4, -0.2) is 37.5 Å². The van der Waals surface area contributed by atoms with Crippen LogP contribution in [0.4, 0.5) is 26.3 Å². The maximum atomic E-state index is 14.1. The lowest BCUT2D eigenvalue weighted by molar-refractivity contribution is -0.163. The molecule has 3 aromatic carbocycles. The highest BCUT2D eigenvalue weighted by molar-refractivity contribution is 5.92. The number of alkyl halides is 6. The van der Waals surface area contributed by atoms with Crippen LogP contribution < -0.4 is 18.9 Å². The Kier molecular flexibility index (Phi) is 11.1. The molecule has 0 aliphatic carbocycles. The smallest absolute Gasteiger partial charge is 0.420 e. The zero-order valence-corrected chi connectivity index (χ0v) is 23.1. The van der Waals surface area contributed by atoms with Gasteiger partial charge in [0.05, 0.1) is 11.1 Å². The van der Waals surface area contributed by atoms with Crippen molar-refractivity contribution in [1.82, 2.24) is 0 Å². The van der Waals surface area contributed by atoms with Crippen molar-refractivity contribution in [2.24, 2.45) is 0 Å². The van der Waals surface area contributed by atoms with E-state index in [9.17, 15) is 45.5 Å². The molecule has 0 fully saturated rings. The third-order valence-electron chi connectivity index (χ3n) is 5.47. The first-order chi connectivity index (χ1) is 21.6. The van der Waals surface area contributed by atoms with E-state index < -0.39 is 72.4 Å². The second-order valence-electron chi connectivity index (χ2n) is 8.49. The topological polar surface area (TPSA) is 124 Å². The van der Waals surface area contributed by atoms with Gasteiger partial charge in [0.15, 0.2) is 0 Å². The summed E-state index contributed by atoms with van der Waals surface area (Å²) in [5.74, 6) is -7.40. The van der Waals surface area contributed by atoms with Crippen molar-refractivity contribution in [1.29, 1.82) is 0 Å². The normalized spacial score (nSPS) is 11.1. The van der Waals surface area contributed by atoms with Gasteiger partial charge in [-0.15, -0.1) is 0 Å². The molecule has 0 saturated heterocycles. The van der Waals surface area contributed by atoms with Crippen LogP contribution in [0.25, 0.3) is 0 Å². The summed E-state index contributed by atoms with van der Waals surface area (Å²) in [5.41, 5.74) is -5.58. The van der Waals surface area contributed by atoms with Crippen molar-refractivity contribution in [2.75, 3.05) is 13.6 Å². The van der Waals surface area contributed by atoms with E-state index in [1.54, 1.807) is 0 Å². The summed E-state index contributed by atoms with van der Waals surface area (Å²) in [4.78, 5) is 47.2. The standard InChI is InChI=1S/C30H20F6O10/c1-3-23(37)43-15-41-19-9-5-17(6-10-19)27(39)45-21-13-14-22(26(30(34,35)36)25(21)29(31,32)33)46-28(40)18-7-11-20(12-8-18)42-16-44-24(38)4-2/h3-14H,1-2,15-16H2. The van der Waals surface area contributed by atoms with E-state index in [2.05, 4.69) is 22.6 Å². The Hall–Kier alpha value is -5.80. The molecule has 242 valence electrons. The van der Waals surface area contributed by atoms with Gasteiger partial charge in [-0.1, -0.05) is 13.2 Å². The molecule has 0 aliphatic rings. The minimum Gasteiger partial charge on any atom is -0.457 e. The lowest BCUT2D eigenvalue weighted by Crippen LogP contribution is -2.22. The molecule has 3 aromatic rings. The lowest BCUT2D eigenvalue weighted by atomic mass is 10.0. The number of halogens is 6. The Balaban J connectivity index is 1.84. The second kappa shape index (κ2) is 14.8. The quantitative estimate of drug-likeness (QED) is 0.0724. The Morgan fingerprint density at radius 1 is 0.565 bits per heavy atom. The van der Waals surface area contributed by atoms with Gasteiger partial charge < -0.3 is 28.4 Å². The van der Waals surface area contributed by atoms with Gasteiger partial charge in [0, 0.05) is 12.2 Å². The van der Waals surface area contributed by atoms with Gasteiger partial charge in [0.2, 0.25) is 13.6 Å². The molecule has 0 radical (unpaired) electrons. The molecule has 3 rings (SSSR count). The number of rotatable bonds is 12. The highest BCUT2D eigenvalue weighted by atomic mass is 19.4. The number of hydrogen-bond donors (Lipinski definition) is 0. The molecule has 0 saturated carbocycles. The van der Waals surface area contributed by atoms with Crippen molar-refractivity contribution in [3.63, 3.8) is 0 Å². The highest BCUT2D eigenvalue weighted by Gasteiger charge is 2.49. The van der Waals surface area contributed by atoms with Crippen LogP contribution in [0, 0.1) is 0 Å². The molecule has 0 atom stereocenters. The highest BCUT2D eigenvalue weighted by Crippen LogP contribution is 2.49. The monoisotopic (exact) mass is 654 g/mol. The van der Waals surface area contributed by atoms with Crippen LogP contribution >= 0.6 is 0 Å². The predicted molar refractivity (Wildman–Crippen MR) is 143 cm³/mol. The minimum absolute atomic E-state index is 0.0612. The number of benzene rings is 3. The van der Waals surface area contributed by atoms with Crippen molar-refractivity contribution in [3.05, 3.63) is 108 Å². The summed E-state index contributed by atoms with van der Waals surface area (Å²) in [6.07, 6.45) is -9.72. The van der Waals surface area contributed by atoms with Crippen LogP contribution in [0.15, 0.2) is 86.0 Å². The Morgan fingerprint density at radius 2 is 0.891 bits per heavy atom. The van der Waals surface area contributed by atoms with Gasteiger partial charge in [-0.2, -0.15) is 26.3 Å². The third kappa shape index (κ3) is 9.35.